The van der Waals surface area contributed by atoms with E-state index in [9.17, 15) is 66.3 Å². The molecule has 0 saturated heterocycles. The van der Waals surface area contributed by atoms with Gasteiger partial charge in [0.1, 0.15) is 0 Å². The predicted molar refractivity (Wildman–Crippen MR) is 70.7 cm³/mol. The number of carbonyl (C=O) groups excluding carboxylic acids is 1. The van der Waals surface area contributed by atoms with Gasteiger partial charge in [0.05, 0.1) is 12.3 Å². The van der Waals surface area contributed by atoms with E-state index in [2.05, 4.69) is 4.74 Å². The fourth-order valence-electron chi connectivity index (χ4n) is 1.67. The van der Waals surface area contributed by atoms with E-state index < -0.39 is 66.9 Å². The van der Waals surface area contributed by atoms with Crippen molar-refractivity contribution in [1.82, 2.24) is 0 Å². The van der Waals surface area contributed by atoms with Gasteiger partial charge in [0.15, 0.2) is 6.61 Å². The van der Waals surface area contributed by atoms with Gasteiger partial charge in [-0.3, -0.25) is 4.79 Å². The van der Waals surface area contributed by atoms with Gasteiger partial charge in [-0.2, -0.15) is 52.7 Å². The number of rotatable bonds is 11. The van der Waals surface area contributed by atoms with Crippen LogP contribution in [0.2, 0.25) is 0 Å². The van der Waals surface area contributed by atoms with Gasteiger partial charge in [-0.25, -0.2) is 8.78 Å². The van der Waals surface area contributed by atoms with Crippen LogP contribution in [0, 0.1) is 5.92 Å². The Balaban J connectivity index is 5.78. The third-order valence-corrected chi connectivity index (χ3v) is 3.94. The number of alkyl halides is 14. The molecule has 0 spiro atoms. The number of esters is 1. The van der Waals surface area contributed by atoms with E-state index in [-0.39, 0.29) is 6.42 Å². The van der Waals surface area contributed by atoms with Crippen molar-refractivity contribution in [2.75, 3.05) is 6.61 Å². The molecule has 0 saturated carbocycles. The molecule has 0 aromatic heterocycles. The summed E-state index contributed by atoms with van der Waals surface area (Å²) in [6.07, 6.45) is -9.83. The number of ether oxygens (including phenoxy) is 1. The molecule has 16 heteroatoms. The zero-order valence-corrected chi connectivity index (χ0v) is 14.9. The van der Waals surface area contributed by atoms with E-state index in [0.717, 1.165) is 6.92 Å². The molecule has 0 bridgehead atoms. The van der Waals surface area contributed by atoms with E-state index in [1.54, 1.807) is 0 Å². The van der Waals surface area contributed by atoms with Gasteiger partial charge in [-0.05, 0) is 6.42 Å². The third-order valence-electron chi connectivity index (χ3n) is 3.94. The molecule has 0 aliphatic heterocycles. The van der Waals surface area contributed by atoms with Crippen molar-refractivity contribution in [3.05, 3.63) is 0 Å². The molecule has 0 radical (unpaired) electrons. The van der Waals surface area contributed by atoms with Crippen LogP contribution >= 0.6 is 0 Å². The summed E-state index contributed by atoms with van der Waals surface area (Å²) in [7, 11) is 0. The minimum absolute atomic E-state index is 0.0431. The minimum atomic E-state index is -7.61. The molecule has 1 unspecified atom stereocenters. The van der Waals surface area contributed by atoms with Crippen molar-refractivity contribution in [3.8, 4) is 0 Å². The van der Waals surface area contributed by atoms with Crippen LogP contribution in [0.1, 0.15) is 26.7 Å². The highest BCUT2D eigenvalue weighted by atomic mass is 19.4. The molecular formula is C14H14F14O2. The maximum Gasteiger partial charge on any atom is 0.384 e. The van der Waals surface area contributed by atoms with Crippen LogP contribution in [0.3, 0.4) is 0 Å². The van der Waals surface area contributed by atoms with Gasteiger partial charge < -0.3 is 4.74 Å². The molecule has 2 nitrogen and oxygen atoms in total. The Kier molecular flexibility index (Phi) is 8.12. The van der Waals surface area contributed by atoms with Crippen LogP contribution < -0.4 is 0 Å². The van der Waals surface area contributed by atoms with E-state index in [0.29, 0.717) is 0 Å². The molecule has 0 fully saturated rings. The van der Waals surface area contributed by atoms with Gasteiger partial charge in [-0.1, -0.05) is 13.8 Å². The van der Waals surface area contributed by atoms with Crippen LogP contribution in [-0.2, 0) is 9.53 Å². The summed E-state index contributed by atoms with van der Waals surface area (Å²) in [6.45, 7) is -0.232. The first kappa shape index (κ1) is 28.5. The van der Waals surface area contributed by atoms with E-state index in [1.807, 2.05) is 0 Å². The van der Waals surface area contributed by atoms with Crippen molar-refractivity contribution in [1.29, 1.82) is 0 Å². The zero-order valence-electron chi connectivity index (χ0n) is 14.9. The van der Waals surface area contributed by atoms with Gasteiger partial charge in [-0.15, -0.1) is 0 Å². The Hall–Kier alpha value is -1.51. The van der Waals surface area contributed by atoms with E-state index >= 15 is 0 Å². The smallest absolute Gasteiger partial charge is 0.384 e. The monoisotopic (exact) mass is 480 g/mol. The van der Waals surface area contributed by atoms with Crippen molar-refractivity contribution >= 4 is 5.97 Å². The Morgan fingerprint density at radius 3 is 1.57 bits per heavy atom. The molecule has 1 atom stereocenters. The first-order valence-electron chi connectivity index (χ1n) is 7.73. The molecular weight excluding hydrogens is 466 g/mol. The van der Waals surface area contributed by atoms with Gasteiger partial charge in [0.2, 0.25) is 0 Å². The average molecular weight is 480 g/mol. The first-order valence-corrected chi connectivity index (χ1v) is 7.73. The molecule has 0 amide bonds. The Morgan fingerprint density at radius 1 is 0.767 bits per heavy atom. The molecule has 0 rings (SSSR count). The lowest BCUT2D eigenvalue weighted by Crippen LogP contribution is -2.65. The number of hydrogen-bond acceptors (Lipinski definition) is 2. The van der Waals surface area contributed by atoms with Gasteiger partial charge in [0, 0.05) is 0 Å². The lowest BCUT2D eigenvalue weighted by atomic mass is 9.92. The zero-order chi connectivity index (χ0) is 24.6. The van der Waals surface area contributed by atoms with Crippen molar-refractivity contribution in [2.45, 2.75) is 68.6 Å². The van der Waals surface area contributed by atoms with Crippen LogP contribution in [0.4, 0.5) is 61.5 Å². The van der Waals surface area contributed by atoms with Gasteiger partial charge in [0.25, 0.3) is 0 Å². The lowest BCUT2D eigenvalue weighted by molar-refractivity contribution is -0.393. The standard InChI is InChI=1S/C14H14F14O2/c1-3-6(2)7(29)30-5-11(21,22)9(17,18)4-10(19,20)13(25,26)14(27,28)12(23,24)8(15)16/h6,8H,3-5H2,1-2H3. The Morgan fingerprint density at radius 2 is 1.20 bits per heavy atom. The quantitative estimate of drug-likeness (QED) is 0.266. The maximum absolute atomic E-state index is 13.5. The topological polar surface area (TPSA) is 26.3 Å². The van der Waals surface area contributed by atoms with Crippen LogP contribution in [0.5, 0.6) is 0 Å². The third kappa shape index (κ3) is 5.03. The largest absolute Gasteiger partial charge is 0.459 e. The second-order valence-electron chi connectivity index (χ2n) is 6.28. The highest BCUT2D eigenvalue weighted by molar-refractivity contribution is 5.71. The molecule has 0 aromatic rings. The molecule has 180 valence electrons. The summed E-state index contributed by atoms with van der Waals surface area (Å²) >= 11 is 0. The number of hydrogen-bond donors (Lipinski definition) is 0. The lowest BCUT2D eigenvalue weighted by Gasteiger charge is -2.38. The van der Waals surface area contributed by atoms with Crippen LogP contribution in [0.15, 0.2) is 0 Å². The van der Waals surface area contributed by atoms with Crippen LogP contribution in [0.25, 0.3) is 0 Å². The Labute approximate surface area is 159 Å². The summed E-state index contributed by atoms with van der Waals surface area (Å²) in [6, 6.07) is 0. The minimum Gasteiger partial charge on any atom is -0.459 e. The average Bonchev–Trinajstić information content (AvgIpc) is 2.57. The molecule has 0 N–H and O–H groups in total. The fourth-order valence-corrected chi connectivity index (χ4v) is 1.67. The number of halogens is 14. The summed E-state index contributed by atoms with van der Waals surface area (Å²) in [5.74, 6) is -44.2. The Bertz CT molecular complexity index is 601. The normalized spacial score (nSPS) is 16.0. The van der Waals surface area contributed by atoms with E-state index in [1.165, 1.54) is 6.92 Å². The van der Waals surface area contributed by atoms with Crippen LogP contribution in [-0.4, -0.2) is 54.5 Å². The second kappa shape index (κ2) is 8.55. The SMILES string of the molecule is CCC(C)C(=O)OCC(F)(F)C(F)(F)CC(F)(F)C(F)(F)C(F)(F)C(F)(F)C(F)F. The summed E-state index contributed by atoms with van der Waals surface area (Å²) in [5.41, 5.74) is 0. The van der Waals surface area contributed by atoms with Gasteiger partial charge >= 0.3 is 47.9 Å². The number of carbonyl (C=O) groups is 1. The highest BCUT2D eigenvalue weighted by Crippen LogP contribution is 2.57. The molecule has 0 aromatic carbocycles. The van der Waals surface area contributed by atoms with Crippen molar-refractivity contribution < 1.29 is 71.0 Å². The van der Waals surface area contributed by atoms with Crippen molar-refractivity contribution in [3.63, 3.8) is 0 Å². The summed E-state index contributed by atoms with van der Waals surface area (Å²) in [4.78, 5) is 11.2. The first-order chi connectivity index (χ1) is 13.0. The predicted octanol–water partition coefficient (Wildman–Crippen LogP) is 6.04. The maximum atomic E-state index is 13.5. The molecule has 0 aliphatic rings. The second-order valence-corrected chi connectivity index (χ2v) is 6.28. The summed E-state index contributed by atoms with van der Waals surface area (Å²) < 4.78 is 186. The fraction of sp³-hybridized carbons (Fsp3) is 0.929. The van der Waals surface area contributed by atoms with E-state index in [4.69, 9.17) is 0 Å². The molecule has 0 heterocycles. The highest BCUT2D eigenvalue weighted by Gasteiger charge is 2.84. The molecule has 0 aliphatic carbocycles. The molecule has 30 heavy (non-hydrogen) atoms. The van der Waals surface area contributed by atoms with Crippen molar-refractivity contribution in [2.24, 2.45) is 5.92 Å². The summed E-state index contributed by atoms with van der Waals surface area (Å²) in [5, 5.41) is 0.